The van der Waals surface area contributed by atoms with Crippen LogP contribution in [-0.2, 0) is 12.3 Å². The van der Waals surface area contributed by atoms with Gasteiger partial charge in [0.1, 0.15) is 0 Å². The van der Waals surface area contributed by atoms with Crippen LogP contribution in [-0.4, -0.2) is 6.26 Å². The lowest BCUT2D eigenvalue weighted by atomic mass is 10.2. The molecule has 3 heteroatoms. The van der Waals surface area contributed by atoms with Crippen LogP contribution in [0, 0.1) is 0 Å². The lowest BCUT2D eigenvalue weighted by Gasteiger charge is -2.06. The van der Waals surface area contributed by atoms with Crippen molar-refractivity contribution >= 4 is 28.8 Å². The molecule has 1 aromatic carbocycles. The van der Waals surface area contributed by atoms with Crippen LogP contribution in [0.4, 0.5) is 5.69 Å². The molecule has 2 aromatic rings. The molecule has 1 heterocycles. The summed E-state index contributed by atoms with van der Waals surface area (Å²) in [5, 5.41) is 5.56. The van der Waals surface area contributed by atoms with Gasteiger partial charge in [-0.3, -0.25) is 0 Å². The standard InChI is InChI=1S/C13H15NS2/c1-15-10-11-4-2-5-12(8-11)14-9-13-6-3-7-16-13/h2-8,14H,9-10H2,1H3. The van der Waals surface area contributed by atoms with Crippen LogP contribution in [0.5, 0.6) is 0 Å². The number of hydrogen-bond donors (Lipinski definition) is 1. The first-order valence-corrected chi connectivity index (χ1v) is 7.50. The summed E-state index contributed by atoms with van der Waals surface area (Å²) in [4.78, 5) is 1.37. The SMILES string of the molecule is CSCc1cccc(NCc2cccs2)c1. The molecular formula is C13H15NS2. The third-order valence-corrected chi connectivity index (χ3v) is 3.78. The van der Waals surface area contributed by atoms with Gasteiger partial charge in [-0.25, -0.2) is 0 Å². The molecular weight excluding hydrogens is 234 g/mol. The third-order valence-electron chi connectivity index (χ3n) is 2.28. The largest absolute Gasteiger partial charge is 0.380 e. The maximum Gasteiger partial charge on any atom is 0.0494 e. The van der Waals surface area contributed by atoms with Crippen molar-refractivity contribution in [2.24, 2.45) is 0 Å². The van der Waals surface area contributed by atoms with Gasteiger partial charge in [0.05, 0.1) is 0 Å². The van der Waals surface area contributed by atoms with Crippen LogP contribution in [0.2, 0.25) is 0 Å². The predicted molar refractivity (Wildman–Crippen MR) is 75.3 cm³/mol. The summed E-state index contributed by atoms with van der Waals surface area (Å²) in [7, 11) is 0. The van der Waals surface area contributed by atoms with E-state index in [1.54, 1.807) is 11.3 Å². The van der Waals surface area contributed by atoms with Gasteiger partial charge in [0, 0.05) is 22.9 Å². The van der Waals surface area contributed by atoms with Gasteiger partial charge < -0.3 is 5.32 Å². The molecule has 0 saturated heterocycles. The van der Waals surface area contributed by atoms with Gasteiger partial charge >= 0.3 is 0 Å². The second kappa shape index (κ2) is 5.97. The van der Waals surface area contributed by atoms with E-state index in [0.29, 0.717) is 0 Å². The van der Waals surface area contributed by atoms with E-state index in [-0.39, 0.29) is 0 Å². The zero-order valence-corrected chi connectivity index (χ0v) is 10.9. The van der Waals surface area contributed by atoms with Crippen molar-refractivity contribution in [1.29, 1.82) is 0 Å². The van der Waals surface area contributed by atoms with Crippen LogP contribution in [0.1, 0.15) is 10.4 Å². The Morgan fingerprint density at radius 2 is 2.19 bits per heavy atom. The molecule has 0 saturated carbocycles. The molecule has 0 atom stereocenters. The highest BCUT2D eigenvalue weighted by atomic mass is 32.2. The zero-order valence-electron chi connectivity index (χ0n) is 9.27. The van der Waals surface area contributed by atoms with Crippen molar-refractivity contribution in [2.45, 2.75) is 12.3 Å². The van der Waals surface area contributed by atoms with Crippen molar-refractivity contribution in [3.05, 3.63) is 52.2 Å². The molecule has 1 aromatic heterocycles. The Balaban J connectivity index is 1.96. The van der Waals surface area contributed by atoms with Gasteiger partial charge in [0.15, 0.2) is 0 Å². The highest BCUT2D eigenvalue weighted by Crippen LogP contribution is 2.16. The Hall–Kier alpha value is -0.930. The van der Waals surface area contributed by atoms with Crippen LogP contribution < -0.4 is 5.32 Å². The summed E-state index contributed by atoms with van der Waals surface area (Å²) in [5.74, 6) is 1.08. The van der Waals surface area contributed by atoms with Crippen LogP contribution in [0.15, 0.2) is 41.8 Å². The smallest absolute Gasteiger partial charge is 0.0494 e. The minimum absolute atomic E-state index is 0.917. The molecule has 0 spiro atoms. The number of rotatable bonds is 5. The minimum atomic E-state index is 0.917. The summed E-state index contributed by atoms with van der Waals surface area (Å²) in [6.45, 7) is 0.917. The molecule has 2 rings (SSSR count). The van der Waals surface area contributed by atoms with Gasteiger partial charge in [-0.05, 0) is 35.4 Å². The monoisotopic (exact) mass is 249 g/mol. The molecule has 0 unspecified atom stereocenters. The second-order valence-corrected chi connectivity index (χ2v) is 5.46. The van der Waals surface area contributed by atoms with E-state index in [1.807, 2.05) is 11.8 Å². The number of anilines is 1. The lowest BCUT2D eigenvalue weighted by Crippen LogP contribution is -1.97. The van der Waals surface area contributed by atoms with E-state index in [2.05, 4.69) is 53.4 Å². The van der Waals surface area contributed by atoms with Gasteiger partial charge in [0.25, 0.3) is 0 Å². The van der Waals surface area contributed by atoms with Crippen LogP contribution >= 0.6 is 23.1 Å². The normalized spacial score (nSPS) is 10.3. The Bertz CT molecular complexity index is 423. The number of thiophene rings is 1. The van der Waals surface area contributed by atoms with Crippen molar-refractivity contribution in [2.75, 3.05) is 11.6 Å². The summed E-state index contributed by atoms with van der Waals surface area (Å²) in [6.07, 6.45) is 2.13. The highest BCUT2D eigenvalue weighted by molar-refractivity contribution is 7.97. The third kappa shape index (κ3) is 3.29. The van der Waals surface area contributed by atoms with Gasteiger partial charge in [-0.15, -0.1) is 11.3 Å². The number of benzene rings is 1. The molecule has 0 fully saturated rings. The van der Waals surface area contributed by atoms with Crippen molar-refractivity contribution in [3.8, 4) is 0 Å². The number of thioether (sulfide) groups is 1. The van der Waals surface area contributed by atoms with E-state index in [9.17, 15) is 0 Å². The van der Waals surface area contributed by atoms with Gasteiger partial charge in [-0.1, -0.05) is 18.2 Å². The molecule has 0 aliphatic rings. The van der Waals surface area contributed by atoms with Crippen molar-refractivity contribution < 1.29 is 0 Å². The minimum Gasteiger partial charge on any atom is -0.380 e. The van der Waals surface area contributed by atoms with Crippen molar-refractivity contribution in [3.63, 3.8) is 0 Å². The maximum absolute atomic E-state index is 3.45. The first-order chi connectivity index (χ1) is 7.88. The number of nitrogens with one attached hydrogen (secondary N) is 1. The maximum atomic E-state index is 3.45. The Labute approximate surface area is 105 Å². The van der Waals surface area contributed by atoms with E-state index >= 15 is 0 Å². The summed E-state index contributed by atoms with van der Waals surface area (Å²) >= 11 is 3.64. The summed E-state index contributed by atoms with van der Waals surface area (Å²) in [6, 6.07) is 12.9. The van der Waals surface area contributed by atoms with Crippen LogP contribution in [0.25, 0.3) is 0 Å². The quantitative estimate of drug-likeness (QED) is 0.851. The Morgan fingerprint density at radius 1 is 1.25 bits per heavy atom. The molecule has 1 nitrogen and oxygen atoms in total. The second-order valence-electron chi connectivity index (χ2n) is 3.57. The highest BCUT2D eigenvalue weighted by Gasteiger charge is 1.96. The topological polar surface area (TPSA) is 12.0 Å². The average molecular weight is 249 g/mol. The fourth-order valence-electron chi connectivity index (χ4n) is 1.54. The Morgan fingerprint density at radius 3 is 2.94 bits per heavy atom. The van der Waals surface area contributed by atoms with Gasteiger partial charge in [-0.2, -0.15) is 11.8 Å². The van der Waals surface area contributed by atoms with Crippen LogP contribution in [0.3, 0.4) is 0 Å². The number of hydrogen-bond acceptors (Lipinski definition) is 3. The molecule has 0 bridgehead atoms. The van der Waals surface area contributed by atoms with E-state index < -0.39 is 0 Å². The summed E-state index contributed by atoms with van der Waals surface area (Å²) in [5.41, 5.74) is 2.59. The van der Waals surface area contributed by atoms with E-state index in [4.69, 9.17) is 0 Å². The molecule has 0 radical (unpaired) electrons. The fourth-order valence-corrected chi connectivity index (χ4v) is 2.70. The zero-order chi connectivity index (χ0) is 11.2. The van der Waals surface area contributed by atoms with Crippen molar-refractivity contribution in [1.82, 2.24) is 0 Å². The molecule has 0 amide bonds. The molecule has 84 valence electrons. The molecule has 0 aliphatic carbocycles. The van der Waals surface area contributed by atoms with E-state index in [0.717, 1.165) is 12.3 Å². The Kier molecular flexibility index (Phi) is 4.31. The average Bonchev–Trinajstić information content (AvgIpc) is 2.80. The van der Waals surface area contributed by atoms with Gasteiger partial charge in [0.2, 0.25) is 0 Å². The fraction of sp³-hybridized carbons (Fsp3) is 0.231. The lowest BCUT2D eigenvalue weighted by molar-refractivity contribution is 1.19. The molecule has 1 N–H and O–H groups in total. The molecule has 16 heavy (non-hydrogen) atoms. The first kappa shape index (κ1) is 11.6. The predicted octanol–water partition coefficient (Wildman–Crippen LogP) is 4.22. The van der Waals surface area contributed by atoms with E-state index in [1.165, 1.54) is 16.1 Å². The molecule has 0 aliphatic heterocycles. The summed E-state index contributed by atoms with van der Waals surface area (Å²) < 4.78 is 0. The first-order valence-electron chi connectivity index (χ1n) is 5.22.